The standard InChI is InChI=1S/C15H26N4O5/c1-3-9(2)13(15(24)17-8-12(21)22)18-14(23)10-5-4-6-19(10)11(20)7-16/h9-10,13H,3-8,16H2,1-2H3,(H,17,24)(H,18,23)(H,21,22). The van der Waals surface area contributed by atoms with Crippen LogP contribution in [-0.2, 0) is 19.2 Å². The summed E-state index contributed by atoms with van der Waals surface area (Å²) in [5.41, 5.74) is 5.36. The normalized spacial score (nSPS) is 19.5. The number of hydrogen-bond acceptors (Lipinski definition) is 5. The van der Waals surface area contributed by atoms with Crippen molar-refractivity contribution in [1.29, 1.82) is 0 Å². The van der Waals surface area contributed by atoms with E-state index in [9.17, 15) is 19.2 Å². The van der Waals surface area contributed by atoms with Gasteiger partial charge in [-0.15, -0.1) is 0 Å². The van der Waals surface area contributed by atoms with Crippen molar-refractivity contribution in [3.63, 3.8) is 0 Å². The van der Waals surface area contributed by atoms with E-state index in [4.69, 9.17) is 10.8 Å². The molecule has 1 aliphatic heterocycles. The number of hydrogen-bond donors (Lipinski definition) is 4. The molecule has 1 rings (SSSR count). The lowest BCUT2D eigenvalue weighted by Crippen LogP contribution is -2.56. The lowest BCUT2D eigenvalue weighted by Gasteiger charge is -2.28. The maximum absolute atomic E-state index is 12.5. The number of nitrogens with two attached hydrogens (primary N) is 1. The van der Waals surface area contributed by atoms with E-state index in [-0.39, 0.29) is 18.4 Å². The van der Waals surface area contributed by atoms with Crippen molar-refractivity contribution in [3.05, 3.63) is 0 Å². The van der Waals surface area contributed by atoms with Gasteiger partial charge in [0.05, 0.1) is 6.54 Å². The molecule has 9 nitrogen and oxygen atoms in total. The van der Waals surface area contributed by atoms with E-state index >= 15 is 0 Å². The third kappa shape index (κ3) is 5.19. The summed E-state index contributed by atoms with van der Waals surface area (Å²) in [6.07, 6.45) is 1.84. The van der Waals surface area contributed by atoms with Crippen LogP contribution in [0.15, 0.2) is 0 Å². The molecule has 3 atom stereocenters. The summed E-state index contributed by atoms with van der Waals surface area (Å²) in [6.45, 7) is 3.45. The van der Waals surface area contributed by atoms with Gasteiger partial charge in [0.25, 0.3) is 0 Å². The van der Waals surface area contributed by atoms with E-state index in [1.807, 2.05) is 6.92 Å². The lowest BCUT2D eigenvalue weighted by molar-refractivity contribution is -0.140. The summed E-state index contributed by atoms with van der Waals surface area (Å²) in [5.74, 6) is -2.60. The molecule has 1 saturated heterocycles. The van der Waals surface area contributed by atoms with Crippen LogP contribution < -0.4 is 16.4 Å². The Labute approximate surface area is 140 Å². The molecule has 0 aromatic rings. The Bertz CT molecular complexity index is 496. The Hall–Kier alpha value is -2.16. The quantitative estimate of drug-likeness (QED) is 0.430. The third-order valence-electron chi connectivity index (χ3n) is 4.26. The van der Waals surface area contributed by atoms with Crippen LogP contribution >= 0.6 is 0 Å². The van der Waals surface area contributed by atoms with E-state index in [1.54, 1.807) is 6.92 Å². The number of carboxylic acids is 1. The van der Waals surface area contributed by atoms with Crippen LogP contribution in [0.1, 0.15) is 33.1 Å². The molecule has 3 unspecified atom stereocenters. The average Bonchev–Trinajstić information content (AvgIpc) is 3.05. The van der Waals surface area contributed by atoms with Crippen molar-refractivity contribution in [1.82, 2.24) is 15.5 Å². The molecule has 0 aliphatic carbocycles. The lowest BCUT2D eigenvalue weighted by atomic mass is 9.97. The molecular formula is C15H26N4O5. The minimum Gasteiger partial charge on any atom is -0.480 e. The number of carboxylic acid groups (broad SMARTS) is 1. The molecule has 0 radical (unpaired) electrons. The molecule has 0 aromatic carbocycles. The fourth-order valence-corrected chi connectivity index (χ4v) is 2.68. The highest BCUT2D eigenvalue weighted by Crippen LogP contribution is 2.18. The molecule has 0 spiro atoms. The molecule has 0 saturated carbocycles. The fourth-order valence-electron chi connectivity index (χ4n) is 2.68. The highest BCUT2D eigenvalue weighted by molar-refractivity contribution is 5.93. The van der Waals surface area contributed by atoms with E-state index in [0.29, 0.717) is 25.8 Å². The first-order chi connectivity index (χ1) is 11.3. The highest BCUT2D eigenvalue weighted by Gasteiger charge is 2.36. The van der Waals surface area contributed by atoms with E-state index in [0.717, 1.165) is 0 Å². The van der Waals surface area contributed by atoms with Crippen LogP contribution in [0.4, 0.5) is 0 Å². The summed E-state index contributed by atoms with van der Waals surface area (Å²) in [7, 11) is 0. The monoisotopic (exact) mass is 342 g/mol. The van der Waals surface area contributed by atoms with Gasteiger partial charge in [-0.1, -0.05) is 20.3 Å². The van der Waals surface area contributed by atoms with Crippen molar-refractivity contribution in [2.75, 3.05) is 19.6 Å². The largest absolute Gasteiger partial charge is 0.480 e. The second-order valence-electron chi connectivity index (χ2n) is 5.93. The Morgan fingerprint density at radius 2 is 2.00 bits per heavy atom. The van der Waals surface area contributed by atoms with Crippen molar-refractivity contribution in [2.24, 2.45) is 11.7 Å². The number of aliphatic carboxylic acids is 1. The topological polar surface area (TPSA) is 142 Å². The SMILES string of the molecule is CCC(C)C(NC(=O)C1CCCN1C(=O)CN)C(=O)NCC(=O)O. The van der Waals surface area contributed by atoms with Crippen molar-refractivity contribution in [3.8, 4) is 0 Å². The molecule has 3 amide bonds. The smallest absolute Gasteiger partial charge is 0.322 e. The Balaban J connectivity index is 2.78. The van der Waals surface area contributed by atoms with E-state index in [2.05, 4.69) is 10.6 Å². The molecule has 136 valence electrons. The maximum Gasteiger partial charge on any atom is 0.322 e. The van der Waals surface area contributed by atoms with Gasteiger partial charge >= 0.3 is 5.97 Å². The van der Waals surface area contributed by atoms with Crippen molar-refractivity contribution in [2.45, 2.75) is 45.2 Å². The van der Waals surface area contributed by atoms with Crippen molar-refractivity contribution < 1.29 is 24.3 Å². The van der Waals surface area contributed by atoms with Gasteiger partial charge in [-0.05, 0) is 18.8 Å². The highest BCUT2D eigenvalue weighted by atomic mass is 16.4. The summed E-state index contributed by atoms with van der Waals surface area (Å²) >= 11 is 0. The number of rotatable bonds is 8. The predicted octanol–water partition coefficient (Wildman–Crippen LogP) is -1.33. The van der Waals surface area contributed by atoms with Gasteiger partial charge in [-0.25, -0.2) is 0 Å². The molecule has 5 N–H and O–H groups in total. The average molecular weight is 342 g/mol. The predicted molar refractivity (Wildman–Crippen MR) is 85.8 cm³/mol. The number of carbonyl (C=O) groups is 4. The van der Waals surface area contributed by atoms with Gasteiger partial charge < -0.3 is 26.4 Å². The summed E-state index contributed by atoms with van der Waals surface area (Å²) in [5, 5.41) is 13.6. The van der Waals surface area contributed by atoms with E-state index < -0.39 is 36.4 Å². The van der Waals surface area contributed by atoms with Gasteiger partial charge in [0.15, 0.2) is 0 Å². The van der Waals surface area contributed by atoms with Gasteiger partial charge in [0.2, 0.25) is 17.7 Å². The van der Waals surface area contributed by atoms with Crippen LogP contribution in [-0.4, -0.2) is 65.4 Å². The molecule has 0 aromatic heterocycles. The van der Waals surface area contributed by atoms with Crippen molar-refractivity contribution >= 4 is 23.7 Å². The number of amides is 3. The number of likely N-dealkylation sites (tertiary alicyclic amines) is 1. The molecule has 1 aliphatic rings. The minimum absolute atomic E-state index is 0.169. The molecule has 0 bridgehead atoms. The third-order valence-corrected chi connectivity index (χ3v) is 4.26. The molecule has 1 heterocycles. The fraction of sp³-hybridized carbons (Fsp3) is 0.733. The summed E-state index contributed by atoms with van der Waals surface area (Å²) in [6, 6.07) is -1.49. The van der Waals surface area contributed by atoms with Gasteiger partial charge in [-0.2, -0.15) is 0 Å². The second-order valence-corrected chi connectivity index (χ2v) is 5.93. The molecule has 24 heavy (non-hydrogen) atoms. The summed E-state index contributed by atoms with van der Waals surface area (Å²) < 4.78 is 0. The van der Waals surface area contributed by atoms with Crippen LogP contribution in [0.3, 0.4) is 0 Å². The first kappa shape index (κ1) is 19.9. The van der Waals surface area contributed by atoms with E-state index in [1.165, 1.54) is 4.90 Å². The van der Waals surface area contributed by atoms with Crippen LogP contribution in [0, 0.1) is 5.92 Å². The molecule has 1 fully saturated rings. The Morgan fingerprint density at radius 3 is 2.54 bits per heavy atom. The maximum atomic E-state index is 12.5. The summed E-state index contributed by atoms with van der Waals surface area (Å²) in [4.78, 5) is 48.5. The minimum atomic E-state index is -1.16. The molecule has 9 heteroatoms. The Morgan fingerprint density at radius 1 is 1.33 bits per heavy atom. The van der Waals surface area contributed by atoms with Crippen LogP contribution in [0.5, 0.6) is 0 Å². The zero-order valence-electron chi connectivity index (χ0n) is 14.1. The zero-order valence-corrected chi connectivity index (χ0v) is 14.1. The first-order valence-corrected chi connectivity index (χ1v) is 8.11. The molecular weight excluding hydrogens is 316 g/mol. The second kappa shape index (κ2) is 9.21. The number of carbonyl (C=O) groups excluding carboxylic acids is 3. The zero-order chi connectivity index (χ0) is 18.3. The number of nitrogens with one attached hydrogen (secondary N) is 2. The van der Waals surface area contributed by atoms with Crippen LogP contribution in [0.2, 0.25) is 0 Å². The van der Waals surface area contributed by atoms with Gasteiger partial charge in [0, 0.05) is 6.54 Å². The van der Waals surface area contributed by atoms with Gasteiger partial charge in [0.1, 0.15) is 18.6 Å². The Kier molecular flexibility index (Phi) is 7.63. The first-order valence-electron chi connectivity index (χ1n) is 8.11. The van der Waals surface area contributed by atoms with Gasteiger partial charge in [-0.3, -0.25) is 19.2 Å². The number of nitrogens with zero attached hydrogens (tertiary/aromatic N) is 1. The van der Waals surface area contributed by atoms with Crippen LogP contribution in [0.25, 0.3) is 0 Å².